The number of Topliss-reactive ketones (excluding diaryl/α,β-unsaturated/α-hetero) is 1. The Labute approximate surface area is 120 Å². The number of hydrogen-bond acceptors (Lipinski definition) is 1. The summed E-state index contributed by atoms with van der Waals surface area (Å²) in [6.45, 7) is 0. The Morgan fingerprint density at radius 2 is 1.79 bits per heavy atom. The molecule has 2 atom stereocenters. The molecular weight excluding hydrogens is 300 g/mol. The topological polar surface area (TPSA) is 17.1 Å². The van der Waals surface area contributed by atoms with Gasteiger partial charge in [-0.15, -0.1) is 0 Å². The zero-order valence-corrected chi connectivity index (χ0v) is 12.0. The van der Waals surface area contributed by atoms with Crippen LogP contribution < -0.4 is 0 Å². The second kappa shape index (κ2) is 3.80. The van der Waals surface area contributed by atoms with Crippen molar-refractivity contribution in [3.63, 3.8) is 0 Å². The Balaban J connectivity index is 1.70. The van der Waals surface area contributed by atoms with Gasteiger partial charge in [0.15, 0.2) is 5.78 Å². The Kier molecular flexibility index (Phi) is 2.28. The highest BCUT2D eigenvalue weighted by molar-refractivity contribution is 9.10. The lowest BCUT2D eigenvalue weighted by molar-refractivity contribution is 0.0914. The number of carbonyl (C=O) groups excluding carboxylic acids is 1. The average molecular weight is 313 g/mol. The number of rotatable bonds is 1. The van der Waals surface area contributed by atoms with Gasteiger partial charge in [0, 0.05) is 15.5 Å². The molecule has 94 valence electrons. The SMILES string of the molecule is O=C1c2ccccc2C[C@]12C[C@H]2c1ccc(Br)cc1. The molecule has 0 radical (unpaired) electrons. The summed E-state index contributed by atoms with van der Waals surface area (Å²) in [6.07, 6.45) is 1.92. The summed E-state index contributed by atoms with van der Waals surface area (Å²) >= 11 is 3.46. The summed E-state index contributed by atoms with van der Waals surface area (Å²) in [6, 6.07) is 16.5. The monoisotopic (exact) mass is 312 g/mol. The first kappa shape index (κ1) is 11.4. The molecule has 1 spiro atoms. The van der Waals surface area contributed by atoms with Crippen LogP contribution in [0.4, 0.5) is 0 Å². The number of ketones is 1. The summed E-state index contributed by atoms with van der Waals surface area (Å²) < 4.78 is 1.09. The van der Waals surface area contributed by atoms with Crippen molar-refractivity contribution in [2.24, 2.45) is 5.41 Å². The van der Waals surface area contributed by atoms with Crippen LogP contribution in [0.2, 0.25) is 0 Å². The van der Waals surface area contributed by atoms with Crippen LogP contribution in [0.25, 0.3) is 0 Å². The second-order valence-electron chi connectivity index (χ2n) is 5.63. The van der Waals surface area contributed by atoms with E-state index >= 15 is 0 Å². The van der Waals surface area contributed by atoms with E-state index in [1.807, 2.05) is 18.2 Å². The molecule has 4 rings (SSSR count). The van der Waals surface area contributed by atoms with Gasteiger partial charge >= 0.3 is 0 Å². The van der Waals surface area contributed by atoms with E-state index in [9.17, 15) is 4.79 Å². The van der Waals surface area contributed by atoms with E-state index in [-0.39, 0.29) is 5.41 Å². The van der Waals surface area contributed by atoms with Crippen LogP contribution in [0.15, 0.2) is 53.0 Å². The Morgan fingerprint density at radius 3 is 2.53 bits per heavy atom. The van der Waals surface area contributed by atoms with Crippen molar-refractivity contribution in [1.29, 1.82) is 0 Å². The molecule has 1 saturated carbocycles. The molecule has 1 fully saturated rings. The molecule has 0 bridgehead atoms. The Morgan fingerprint density at radius 1 is 1.05 bits per heavy atom. The first-order chi connectivity index (χ1) is 9.21. The van der Waals surface area contributed by atoms with Gasteiger partial charge in [0.2, 0.25) is 0 Å². The van der Waals surface area contributed by atoms with Gasteiger partial charge in [0.1, 0.15) is 0 Å². The second-order valence-corrected chi connectivity index (χ2v) is 6.54. The largest absolute Gasteiger partial charge is 0.294 e. The lowest BCUT2D eigenvalue weighted by Gasteiger charge is -2.07. The van der Waals surface area contributed by atoms with Crippen LogP contribution in [-0.2, 0) is 6.42 Å². The zero-order valence-electron chi connectivity index (χ0n) is 10.4. The molecule has 2 heteroatoms. The summed E-state index contributed by atoms with van der Waals surface area (Å²) in [7, 11) is 0. The van der Waals surface area contributed by atoms with E-state index in [2.05, 4.69) is 46.3 Å². The molecule has 0 amide bonds. The molecule has 0 heterocycles. The lowest BCUT2D eigenvalue weighted by atomic mass is 9.95. The van der Waals surface area contributed by atoms with Crippen molar-refractivity contribution in [2.45, 2.75) is 18.8 Å². The van der Waals surface area contributed by atoms with Crippen LogP contribution in [0.3, 0.4) is 0 Å². The minimum atomic E-state index is -0.127. The van der Waals surface area contributed by atoms with Gasteiger partial charge in [-0.25, -0.2) is 0 Å². The molecule has 0 unspecified atom stereocenters. The van der Waals surface area contributed by atoms with E-state index in [0.717, 1.165) is 22.9 Å². The number of hydrogen-bond donors (Lipinski definition) is 0. The number of benzene rings is 2. The molecule has 1 nitrogen and oxygen atoms in total. The van der Waals surface area contributed by atoms with Gasteiger partial charge in [-0.05, 0) is 42.0 Å². The standard InChI is InChI=1S/C17H13BrO/c18-13-7-5-11(6-8-13)15-10-17(15)9-12-3-1-2-4-14(12)16(17)19/h1-8,15H,9-10H2/t15-,17+/m0/s1. The van der Waals surface area contributed by atoms with E-state index in [1.54, 1.807) is 0 Å². The van der Waals surface area contributed by atoms with E-state index in [4.69, 9.17) is 0 Å². The van der Waals surface area contributed by atoms with Crippen LogP contribution in [0.5, 0.6) is 0 Å². The van der Waals surface area contributed by atoms with Crippen LogP contribution in [0, 0.1) is 5.41 Å². The maximum atomic E-state index is 12.6. The Bertz CT molecular complexity index is 674. The third-order valence-corrected chi connectivity index (χ3v) is 5.10. The van der Waals surface area contributed by atoms with Gasteiger partial charge < -0.3 is 0 Å². The fourth-order valence-electron chi connectivity index (χ4n) is 3.47. The van der Waals surface area contributed by atoms with Gasteiger partial charge in [0.25, 0.3) is 0 Å². The minimum absolute atomic E-state index is 0.127. The summed E-state index contributed by atoms with van der Waals surface area (Å²) in [5, 5.41) is 0. The van der Waals surface area contributed by atoms with E-state index in [1.165, 1.54) is 11.1 Å². The maximum Gasteiger partial charge on any atom is 0.170 e. The van der Waals surface area contributed by atoms with Gasteiger partial charge in [0.05, 0.1) is 0 Å². The first-order valence-corrected chi connectivity index (χ1v) is 7.38. The smallest absolute Gasteiger partial charge is 0.170 e. The molecule has 0 saturated heterocycles. The van der Waals surface area contributed by atoms with Gasteiger partial charge in [-0.1, -0.05) is 52.3 Å². The maximum absolute atomic E-state index is 12.6. The molecule has 0 aliphatic heterocycles. The third kappa shape index (κ3) is 1.56. The molecule has 0 N–H and O–H groups in total. The summed E-state index contributed by atoms with van der Waals surface area (Å²) in [4.78, 5) is 12.6. The molecular formula is C17H13BrO. The molecule has 0 aromatic heterocycles. The first-order valence-electron chi connectivity index (χ1n) is 6.59. The molecule has 2 aromatic carbocycles. The third-order valence-electron chi connectivity index (χ3n) is 4.57. The van der Waals surface area contributed by atoms with Crippen molar-refractivity contribution in [3.05, 3.63) is 69.7 Å². The van der Waals surface area contributed by atoms with Gasteiger partial charge in [-0.3, -0.25) is 4.79 Å². The van der Waals surface area contributed by atoms with Crippen LogP contribution >= 0.6 is 15.9 Å². The van der Waals surface area contributed by atoms with Crippen LogP contribution in [-0.4, -0.2) is 5.78 Å². The van der Waals surface area contributed by atoms with Crippen molar-refractivity contribution in [3.8, 4) is 0 Å². The fourth-order valence-corrected chi connectivity index (χ4v) is 3.73. The number of fused-ring (bicyclic) bond motifs is 1. The van der Waals surface area contributed by atoms with Crippen molar-refractivity contribution < 1.29 is 4.79 Å². The Hall–Kier alpha value is -1.41. The van der Waals surface area contributed by atoms with Crippen molar-refractivity contribution >= 4 is 21.7 Å². The minimum Gasteiger partial charge on any atom is -0.294 e. The van der Waals surface area contributed by atoms with Crippen molar-refractivity contribution in [1.82, 2.24) is 0 Å². The average Bonchev–Trinajstić information content (AvgIpc) is 3.07. The molecule has 2 aromatic rings. The van der Waals surface area contributed by atoms with Crippen molar-refractivity contribution in [2.75, 3.05) is 0 Å². The summed E-state index contributed by atoms with van der Waals surface area (Å²) in [5.41, 5.74) is 3.34. The quantitative estimate of drug-likeness (QED) is 0.764. The molecule has 2 aliphatic rings. The molecule has 2 aliphatic carbocycles. The predicted octanol–water partition coefficient (Wildman–Crippen LogP) is 4.36. The van der Waals surface area contributed by atoms with E-state index in [0.29, 0.717) is 11.7 Å². The normalized spacial score (nSPS) is 27.6. The predicted molar refractivity (Wildman–Crippen MR) is 78.4 cm³/mol. The highest BCUT2D eigenvalue weighted by atomic mass is 79.9. The van der Waals surface area contributed by atoms with Crippen LogP contribution in [0.1, 0.15) is 33.8 Å². The zero-order chi connectivity index (χ0) is 13.0. The van der Waals surface area contributed by atoms with E-state index < -0.39 is 0 Å². The summed E-state index contributed by atoms with van der Waals surface area (Å²) in [5.74, 6) is 0.761. The highest BCUT2D eigenvalue weighted by Gasteiger charge is 2.63. The number of halogens is 1. The highest BCUT2D eigenvalue weighted by Crippen LogP contribution is 2.65. The lowest BCUT2D eigenvalue weighted by Crippen LogP contribution is -2.12. The fraction of sp³-hybridized carbons (Fsp3) is 0.235. The molecule has 19 heavy (non-hydrogen) atoms. The van der Waals surface area contributed by atoms with Gasteiger partial charge in [-0.2, -0.15) is 0 Å². The number of carbonyl (C=O) groups is 1.